The Morgan fingerprint density at radius 1 is 1.33 bits per heavy atom. The van der Waals surface area contributed by atoms with Crippen molar-refractivity contribution in [3.8, 4) is 0 Å². The molecule has 2 aromatic rings. The van der Waals surface area contributed by atoms with Crippen LogP contribution >= 0.6 is 23.1 Å². The fourth-order valence-electron chi connectivity index (χ4n) is 3.68. The number of amides is 2. The first kappa shape index (κ1) is 21.3. The van der Waals surface area contributed by atoms with Crippen LogP contribution in [0.1, 0.15) is 42.8 Å². The van der Waals surface area contributed by atoms with Crippen molar-refractivity contribution in [1.82, 2.24) is 9.88 Å². The van der Waals surface area contributed by atoms with Gasteiger partial charge in [0, 0.05) is 34.6 Å². The molecule has 1 aromatic carbocycles. The van der Waals surface area contributed by atoms with E-state index in [1.54, 1.807) is 0 Å². The summed E-state index contributed by atoms with van der Waals surface area (Å²) in [6, 6.07) is 8.27. The summed E-state index contributed by atoms with van der Waals surface area (Å²) < 4.78 is 5.43. The van der Waals surface area contributed by atoms with Gasteiger partial charge in [0.05, 0.1) is 18.7 Å². The van der Waals surface area contributed by atoms with Crippen molar-refractivity contribution in [1.29, 1.82) is 0 Å². The maximum absolute atomic E-state index is 12.8. The predicted octanol–water partition coefficient (Wildman–Crippen LogP) is 3.89. The van der Waals surface area contributed by atoms with Crippen LogP contribution in [0.3, 0.4) is 0 Å². The summed E-state index contributed by atoms with van der Waals surface area (Å²) in [5.41, 5.74) is 2.02. The summed E-state index contributed by atoms with van der Waals surface area (Å²) in [5, 5.41) is 4.03. The number of aromatic nitrogens is 1. The highest BCUT2D eigenvalue weighted by Crippen LogP contribution is 2.29. The molecule has 0 saturated carbocycles. The zero-order chi connectivity index (χ0) is 21.1. The topological polar surface area (TPSA) is 71.5 Å². The average molecular weight is 446 g/mol. The Morgan fingerprint density at radius 3 is 2.83 bits per heavy atom. The number of thioether (sulfide) groups is 1. The molecule has 0 spiro atoms. The van der Waals surface area contributed by atoms with E-state index < -0.39 is 0 Å². The fourth-order valence-corrected chi connectivity index (χ4v) is 5.54. The van der Waals surface area contributed by atoms with E-state index in [0.717, 1.165) is 35.4 Å². The number of thiazole rings is 1. The largest absolute Gasteiger partial charge is 0.368 e. The summed E-state index contributed by atoms with van der Waals surface area (Å²) in [7, 11) is 0. The molecule has 1 saturated heterocycles. The van der Waals surface area contributed by atoms with Gasteiger partial charge in [0.15, 0.2) is 5.13 Å². The molecule has 1 N–H and O–H groups in total. The van der Waals surface area contributed by atoms with Crippen LogP contribution in [0.4, 0.5) is 5.13 Å². The van der Waals surface area contributed by atoms with E-state index in [1.807, 2.05) is 28.8 Å². The van der Waals surface area contributed by atoms with Crippen molar-refractivity contribution in [2.75, 3.05) is 18.5 Å². The van der Waals surface area contributed by atoms with E-state index >= 15 is 0 Å². The molecule has 1 atom stereocenters. The molecule has 160 valence electrons. The second-order valence-corrected chi connectivity index (χ2v) is 10.7. The SMILES string of the molecule is CC(C)Sc1ccc(CC(=O)N2CCc3nc(NC(=O)C4CCCO4)sc3C2)cc1. The molecule has 1 unspecified atom stereocenters. The molecule has 2 aliphatic rings. The Morgan fingerprint density at radius 2 is 2.13 bits per heavy atom. The van der Waals surface area contributed by atoms with E-state index in [2.05, 4.69) is 36.3 Å². The number of carbonyl (C=O) groups excluding carboxylic acids is 2. The lowest BCUT2D eigenvalue weighted by Crippen LogP contribution is -2.36. The van der Waals surface area contributed by atoms with Crippen molar-refractivity contribution in [3.63, 3.8) is 0 Å². The Kier molecular flexibility index (Phi) is 6.75. The quantitative estimate of drug-likeness (QED) is 0.683. The Hall–Kier alpha value is -1.90. The maximum Gasteiger partial charge on any atom is 0.255 e. The maximum atomic E-state index is 12.8. The third-order valence-electron chi connectivity index (χ3n) is 5.19. The molecule has 8 heteroatoms. The van der Waals surface area contributed by atoms with Crippen LogP contribution in [0.25, 0.3) is 0 Å². The van der Waals surface area contributed by atoms with Gasteiger partial charge in [-0.2, -0.15) is 0 Å². The Labute approximate surface area is 185 Å². The normalized spacial score (nSPS) is 18.5. The van der Waals surface area contributed by atoms with Gasteiger partial charge in [0.1, 0.15) is 6.10 Å². The van der Waals surface area contributed by atoms with Crippen molar-refractivity contribution < 1.29 is 14.3 Å². The van der Waals surface area contributed by atoms with Crippen LogP contribution in [-0.4, -0.2) is 46.2 Å². The van der Waals surface area contributed by atoms with Gasteiger partial charge in [-0.25, -0.2) is 4.98 Å². The molecule has 1 aromatic heterocycles. The van der Waals surface area contributed by atoms with Gasteiger partial charge in [0.25, 0.3) is 5.91 Å². The molecule has 4 rings (SSSR count). The lowest BCUT2D eigenvalue weighted by Gasteiger charge is -2.26. The minimum atomic E-state index is -0.366. The standard InChI is InChI=1S/C22H27N3O3S2/c1-14(2)29-16-7-5-15(6-8-16)12-20(26)25-10-9-17-19(13-25)30-22(23-17)24-21(27)18-4-3-11-28-18/h5-8,14,18H,3-4,9-13H2,1-2H3,(H,23,24,27). The molecular weight excluding hydrogens is 418 g/mol. The molecule has 0 bridgehead atoms. The number of ether oxygens (including phenoxy) is 1. The molecule has 2 amide bonds. The zero-order valence-electron chi connectivity index (χ0n) is 17.3. The van der Waals surface area contributed by atoms with Crippen molar-refractivity contribution in [2.45, 2.75) is 62.3 Å². The fraction of sp³-hybridized carbons (Fsp3) is 0.500. The first-order valence-corrected chi connectivity index (χ1v) is 12.1. The second-order valence-electron chi connectivity index (χ2n) is 7.93. The van der Waals surface area contributed by atoms with Crippen molar-refractivity contribution in [3.05, 3.63) is 40.4 Å². The number of benzene rings is 1. The molecule has 3 heterocycles. The summed E-state index contributed by atoms with van der Waals surface area (Å²) >= 11 is 3.28. The monoisotopic (exact) mass is 445 g/mol. The number of carbonyl (C=O) groups is 2. The van der Waals surface area contributed by atoms with Crippen LogP contribution in [0.2, 0.25) is 0 Å². The predicted molar refractivity (Wildman–Crippen MR) is 120 cm³/mol. The van der Waals surface area contributed by atoms with Gasteiger partial charge >= 0.3 is 0 Å². The van der Waals surface area contributed by atoms with E-state index in [9.17, 15) is 9.59 Å². The van der Waals surface area contributed by atoms with Crippen LogP contribution in [-0.2, 0) is 33.7 Å². The molecule has 0 aliphatic carbocycles. The minimum Gasteiger partial charge on any atom is -0.368 e. The van der Waals surface area contributed by atoms with E-state index in [-0.39, 0.29) is 17.9 Å². The number of rotatable bonds is 6. The third-order valence-corrected chi connectivity index (χ3v) is 7.20. The summed E-state index contributed by atoms with van der Waals surface area (Å²) in [4.78, 5) is 33.8. The van der Waals surface area contributed by atoms with Gasteiger partial charge in [-0.05, 0) is 30.5 Å². The molecule has 0 radical (unpaired) electrons. The Balaban J connectivity index is 1.33. The van der Waals surface area contributed by atoms with Gasteiger partial charge in [0.2, 0.25) is 5.91 Å². The summed E-state index contributed by atoms with van der Waals surface area (Å²) in [6.07, 6.45) is 2.44. The van der Waals surface area contributed by atoms with Crippen LogP contribution < -0.4 is 5.32 Å². The summed E-state index contributed by atoms with van der Waals surface area (Å²) in [6.45, 7) is 6.21. The van der Waals surface area contributed by atoms with Gasteiger partial charge in [-0.15, -0.1) is 11.8 Å². The van der Waals surface area contributed by atoms with E-state index in [0.29, 0.717) is 36.5 Å². The number of hydrogen-bond acceptors (Lipinski definition) is 6. The number of anilines is 1. The van der Waals surface area contributed by atoms with Crippen molar-refractivity contribution in [2.24, 2.45) is 0 Å². The highest BCUT2D eigenvalue weighted by Gasteiger charge is 2.27. The Bertz CT molecular complexity index is 905. The van der Waals surface area contributed by atoms with Crippen LogP contribution in [0.15, 0.2) is 29.2 Å². The number of nitrogens with one attached hydrogen (secondary N) is 1. The molecule has 2 aliphatic heterocycles. The van der Waals surface area contributed by atoms with Gasteiger partial charge < -0.3 is 9.64 Å². The highest BCUT2D eigenvalue weighted by molar-refractivity contribution is 7.99. The van der Waals surface area contributed by atoms with Gasteiger partial charge in [-0.1, -0.05) is 37.3 Å². The lowest BCUT2D eigenvalue weighted by molar-refractivity contribution is -0.131. The minimum absolute atomic E-state index is 0.120. The smallest absolute Gasteiger partial charge is 0.255 e. The first-order chi connectivity index (χ1) is 14.5. The molecule has 1 fully saturated rings. The van der Waals surface area contributed by atoms with Crippen molar-refractivity contribution >= 4 is 40.0 Å². The lowest BCUT2D eigenvalue weighted by atomic mass is 10.1. The highest BCUT2D eigenvalue weighted by atomic mass is 32.2. The van der Waals surface area contributed by atoms with Crippen LogP contribution in [0, 0.1) is 0 Å². The number of fused-ring (bicyclic) bond motifs is 1. The average Bonchev–Trinajstić information content (AvgIpc) is 3.37. The van der Waals surface area contributed by atoms with Crippen LogP contribution in [0.5, 0.6) is 0 Å². The molecular formula is C22H27N3O3S2. The number of hydrogen-bond donors (Lipinski definition) is 1. The summed E-state index contributed by atoms with van der Waals surface area (Å²) in [5.74, 6) is 0.00820. The number of nitrogens with zero attached hydrogens (tertiary/aromatic N) is 2. The third kappa shape index (κ3) is 5.22. The second kappa shape index (κ2) is 9.49. The van der Waals surface area contributed by atoms with Gasteiger partial charge in [-0.3, -0.25) is 14.9 Å². The molecule has 30 heavy (non-hydrogen) atoms. The first-order valence-electron chi connectivity index (χ1n) is 10.4. The van der Waals surface area contributed by atoms with E-state index in [1.165, 1.54) is 16.2 Å². The zero-order valence-corrected chi connectivity index (χ0v) is 19.0. The molecule has 6 nitrogen and oxygen atoms in total. The van der Waals surface area contributed by atoms with E-state index in [4.69, 9.17) is 4.74 Å².